The fraction of sp³-hybridized carbons (Fsp3) is 0.455. The summed E-state index contributed by atoms with van der Waals surface area (Å²) in [4.78, 5) is 41.2. The molecule has 4 rings (SSSR count). The summed E-state index contributed by atoms with van der Waals surface area (Å²) in [5, 5.41) is 3.23. The van der Waals surface area contributed by atoms with E-state index >= 15 is 0 Å². The highest BCUT2D eigenvalue weighted by atomic mass is 16.7. The van der Waals surface area contributed by atoms with Crippen LogP contribution in [-0.4, -0.2) is 42.0 Å². The Morgan fingerprint density at radius 3 is 2.77 bits per heavy atom. The minimum absolute atomic E-state index is 0.00279. The number of benzene rings is 1. The lowest BCUT2D eigenvalue weighted by Crippen LogP contribution is -2.46. The summed E-state index contributed by atoms with van der Waals surface area (Å²) in [6.45, 7) is 1.95. The third-order valence-electron chi connectivity index (χ3n) is 5.88. The zero-order valence-electron chi connectivity index (χ0n) is 18.0. The van der Waals surface area contributed by atoms with Crippen molar-refractivity contribution in [3.8, 4) is 5.75 Å². The molecule has 1 unspecified atom stereocenters. The first kappa shape index (κ1) is 20.9. The number of hydrogen-bond acceptors (Lipinski definition) is 8. The van der Waals surface area contributed by atoms with E-state index < -0.39 is 5.97 Å². The quantitative estimate of drug-likeness (QED) is 0.678. The van der Waals surface area contributed by atoms with Crippen LogP contribution in [0.1, 0.15) is 61.0 Å². The van der Waals surface area contributed by atoms with E-state index in [1.54, 1.807) is 36.2 Å². The standard InChI is InChI=1S/C22H27N5O4/c1-4-16-20(28)27(2)18-17(13-8-5-6-9-13)24-22(25-19(18)23-16)26-31-21(29)14-10-7-11-15(12-14)30-3/h7,10-13,16H,4-6,8-9H2,1-3H3,(H2,23,24,25,26). The van der Waals surface area contributed by atoms with Gasteiger partial charge in [-0.15, -0.1) is 0 Å². The summed E-state index contributed by atoms with van der Waals surface area (Å²) >= 11 is 0. The molecule has 2 N–H and O–H groups in total. The van der Waals surface area contributed by atoms with Gasteiger partial charge >= 0.3 is 5.97 Å². The first-order valence-corrected chi connectivity index (χ1v) is 10.6. The monoisotopic (exact) mass is 425 g/mol. The number of aromatic nitrogens is 2. The normalized spacial score (nSPS) is 18.4. The summed E-state index contributed by atoms with van der Waals surface area (Å²) in [5.74, 6) is 0.984. The van der Waals surface area contributed by atoms with E-state index in [4.69, 9.17) is 9.57 Å². The van der Waals surface area contributed by atoms with Gasteiger partial charge < -0.3 is 19.8 Å². The van der Waals surface area contributed by atoms with Gasteiger partial charge in [-0.3, -0.25) is 4.79 Å². The van der Waals surface area contributed by atoms with Crippen molar-refractivity contribution in [2.45, 2.75) is 51.0 Å². The van der Waals surface area contributed by atoms with Crippen LogP contribution < -0.4 is 20.4 Å². The highest BCUT2D eigenvalue weighted by molar-refractivity contribution is 6.04. The highest BCUT2D eigenvalue weighted by Gasteiger charge is 2.35. The zero-order valence-corrected chi connectivity index (χ0v) is 18.0. The Morgan fingerprint density at radius 1 is 1.29 bits per heavy atom. The fourth-order valence-electron chi connectivity index (χ4n) is 4.18. The summed E-state index contributed by atoms with van der Waals surface area (Å²) < 4.78 is 5.15. The molecule has 1 aromatic carbocycles. The van der Waals surface area contributed by atoms with E-state index in [1.165, 1.54) is 7.11 Å². The smallest absolute Gasteiger partial charge is 0.363 e. The Labute approximate surface area is 181 Å². The van der Waals surface area contributed by atoms with Gasteiger partial charge in [-0.1, -0.05) is 25.8 Å². The van der Waals surface area contributed by atoms with Gasteiger partial charge in [0.1, 0.15) is 17.5 Å². The van der Waals surface area contributed by atoms with Gasteiger partial charge in [0.15, 0.2) is 5.82 Å². The number of amides is 1. The maximum absolute atomic E-state index is 12.7. The van der Waals surface area contributed by atoms with Crippen LogP contribution in [0.15, 0.2) is 24.3 Å². The molecule has 164 valence electrons. The van der Waals surface area contributed by atoms with Gasteiger partial charge in [-0.25, -0.2) is 9.78 Å². The topological polar surface area (TPSA) is 106 Å². The molecule has 1 atom stereocenters. The van der Waals surface area contributed by atoms with Crippen LogP contribution in [0.4, 0.5) is 17.5 Å². The van der Waals surface area contributed by atoms with Crippen molar-refractivity contribution in [2.24, 2.45) is 0 Å². The van der Waals surface area contributed by atoms with Gasteiger partial charge in [-0.2, -0.15) is 10.5 Å². The fourth-order valence-corrected chi connectivity index (χ4v) is 4.18. The second-order valence-electron chi connectivity index (χ2n) is 7.84. The number of hydrogen-bond donors (Lipinski definition) is 2. The minimum Gasteiger partial charge on any atom is -0.497 e. The number of fused-ring (bicyclic) bond motifs is 1. The number of likely N-dealkylation sites (N-methyl/N-ethyl adjacent to an activating group) is 1. The Morgan fingerprint density at radius 2 is 2.06 bits per heavy atom. The summed E-state index contributed by atoms with van der Waals surface area (Å²) in [5.41, 5.74) is 4.46. The van der Waals surface area contributed by atoms with Crippen molar-refractivity contribution in [2.75, 3.05) is 29.9 Å². The number of nitrogens with one attached hydrogen (secondary N) is 2. The van der Waals surface area contributed by atoms with Crippen molar-refractivity contribution in [1.29, 1.82) is 0 Å². The average molecular weight is 425 g/mol. The van der Waals surface area contributed by atoms with Crippen LogP contribution in [-0.2, 0) is 9.63 Å². The number of rotatable bonds is 6. The lowest BCUT2D eigenvalue weighted by Gasteiger charge is -2.34. The van der Waals surface area contributed by atoms with Crippen LogP contribution in [0.5, 0.6) is 5.75 Å². The minimum atomic E-state index is -0.575. The Bertz CT molecular complexity index is 990. The van der Waals surface area contributed by atoms with E-state index in [0.29, 0.717) is 29.2 Å². The molecule has 0 saturated heterocycles. The van der Waals surface area contributed by atoms with E-state index in [9.17, 15) is 9.59 Å². The average Bonchev–Trinajstić information content (AvgIpc) is 3.34. The third-order valence-corrected chi connectivity index (χ3v) is 5.88. The first-order chi connectivity index (χ1) is 15.0. The SMILES string of the molecule is CCC1Nc2nc(NOC(=O)c3cccc(OC)c3)nc(C3CCCC3)c2N(C)C1=O. The van der Waals surface area contributed by atoms with E-state index in [2.05, 4.69) is 20.8 Å². The van der Waals surface area contributed by atoms with E-state index in [-0.39, 0.29) is 23.8 Å². The molecule has 1 saturated carbocycles. The Kier molecular flexibility index (Phi) is 5.92. The molecular weight excluding hydrogens is 398 g/mol. The summed E-state index contributed by atoms with van der Waals surface area (Å²) in [6.07, 6.45) is 4.90. The molecule has 2 aliphatic rings. The molecular formula is C22H27N5O4. The zero-order chi connectivity index (χ0) is 22.0. The van der Waals surface area contributed by atoms with Gasteiger partial charge in [0.2, 0.25) is 5.91 Å². The summed E-state index contributed by atoms with van der Waals surface area (Å²) in [7, 11) is 3.30. The molecule has 1 aliphatic carbocycles. The molecule has 1 fully saturated rings. The number of nitrogens with zero attached hydrogens (tertiary/aromatic N) is 3. The van der Waals surface area contributed by atoms with Crippen LogP contribution in [0, 0.1) is 0 Å². The van der Waals surface area contributed by atoms with Crippen molar-refractivity contribution in [1.82, 2.24) is 9.97 Å². The molecule has 9 heteroatoms. The van der Waals surface area contributed by atoms with E-state index in [1.807, 2.05) is 6.92 Å². The lowest BCUT2D eigenvalue weighted by molar-refractivity contribution is -0.119. The maximum atomic E-state index is 12.7. The second-order valence-corrected chi connectivity index (χ2v) is 7.84. The number of carbonyl (C=O) groups is 2. The largest absolute Gasteiger partial charge is 0.497 e. The van der Waals surface area contributed by atoms with Crippen LogP contribution in [0.2, 0.25) is 0 Å². The molecule has 0 bridgehead atoms. The lowest BCUT2D eigenvalue weighted by atomic mass is 9.99. The van der Waals surface area contributed by atoms with Gasteiger partial charge in [-0.05, 0) is 37.5 Å². The molecule has 1 aromatic heterocycles. The van der Waals surface area contributed by atoms with Crippen molar-refractivity contribution >= 4 is 29.3 Å². The van der Waals surface area contributed by atoms with E-state index in [0.717, 1.165) is 31.4 Å². The molecule has 2 heterocycles. The number of carbonyl (C=O) groups excluding carboxylic acids is 2. The van der Waals surface area contributed by atoms with Crippen LogP contribution in [0.25, 0.3) is 0 Å². The molecule has 1 aliphatic heterocycles. The Balaban J connectivity index is 1.61. The maximum Gasteiger partial charge on any atom is 0.363 e. The second kappa shape index (κ2) is 8.79. The third kappa shape index (κ3) is 4.12. The predicted molar refractivity (Wildman–Crippen MR) is 116 cm³/mol. The number of anilines is 3. The molecule has 1 amide bonds. The number of methoxy groups -OCH3 is 1. The molecule has 2 aromatic rings. The Hall–Kier alpha value is -3.36. The predicted octanol–water partition coefficient (Wildman–Crippen LogP) is 3.49. The van der Waals surface area contributed by atoms with Gasteiger partial charge in [0.05, 0.1) is 18.4 Å². The van der Waals surface area contributed by atoms with Crippen LogP contribution in [0.3, 0.4) is 0 Å². The molecule has 0 spiro atoms. The van der Waals surface area contributed by atoms with Crippen LogP contribution >= 0.6 is 0 Å². The van der Waals surface area contributed by atoms with Gasteiger partial charge in [0, 0.05) is 13.0 Å². The summed E-state index contributed by atoms with van der Waals surface area (Å²) in [6, 6.07) is 6.34. The number of ether oxygens (including phenoxy) is 1. The van der Waals surface area contributed by atoms with Crippen molar-refractivity contribution in [3.63, 3.8) is 0 Å². The first-order valence-electron chi connectivity index (χ1n) is 10.6. The van der Waals surface area contributed by atoms with Crippen molar-refractivity contribution in [3.05, 3.63) is 35.5 Å². The van der Waals surface area contributed by atoms with Crippen molar-refractivity contribution < 1.29 is 19.2 Å². The van der Waals surface area contributed by atoms with Gasteiger partial charge in [0.25, 0.3) is 5.95 Å². The molecule has 0 radical (unpaired) electrons. The molecule has 31 heavy (non-hydrogen) atoms. The molecule has 9 nitrogen and oxygen atoms in total. The highest BCUT2D eigenvalue weighted by Crippen LogP contribution is 2.42.